The number of carbonyl (C=O) groups excluding carboxylic acids is 1. The van der Waals surface area contributed by atoms with Gasteiger partial charge >= 0.3 is 6.03 Å². The quantitative estimate of drug-likeness (QED) is 0.525. The van der Waals surface area contributed by atoms with Gasteiger partial charge in [0.1, 0.15) is 0 Å². The molecule has 8 heteroatoms. The van der Waals surface area contributed by atoms with E-state index in [2.05, 4.69) is 24.5 Å². The van der Waals surface area contributed by atoms with Gasteiger partial charge < -0.3 is 24.8 Å². The van der Waals surface area contributed by atoms with Gasteiger partial charge in [-0.1, -0.05) is 32.0 Å². The van der Waals surface area contributed by atoms with Crippen molar-refractivity contribution in [2.45, 2.75) is 70.4 Å². The molecule has 1 saturated carbocycles. The molecule has 8 atom stereocenters. The van der Waals surface area contributed by atoms with Crippen LogP contribution in [-0.2, 0) is 24.0 Å². The molecule has 0 unspecified atom stereocenters. The average molecular weight is 447 g/mol. The number of anilines is 1. The zero-order valence-electron chi connectivity index (χ0n) is 19.0. The number of rotatable bonds is 5. The molecule has 176 valence electrons. The van der Waals surface area contributed by atoms with Crippen LogP contribution in [0, 0.1) is 23.7 Å². The molecule has 8 nitrogen and oxygen atoms in total. The van der Waals surface area contributed by atoms with Crippen molar-refractivity contribution in [2.75, 3.05) is 18.5 Å². The van der Waals surface area contributed by atoms with Gasteiger partial charge in [-0.25, -0.2) is 14.6 Å². The number of nitrogens with one attached hydrogen (secondary N) is 2. The Morgan fingerprint density at radius 3 is 2.75 bits per heavy atom. The van der Waals surface area contributed by atoms with Crippen LogP contribution in [0.15, 0.2) is 30.3 Å². The van der Waals surface area contributed by atoms with Crippen molar-refractivity contribution in [3.63, 3.8) is 0 Å². The zero-order valence-corrected chi connectivity index (χ0v) is 19.0. The lowest BCUT2D eigenvalue weighted by molar-refractivity contribution is -0.577. The molecule has 0 aromatic heterocycles. The molecule has 2 N–H and O–H groups in total. The van der Waals surface area contributed by atoms with Gasteiger partial charge in [-0.2, -0.15) is 0 Å². The predicted molar refractivity (Wildman–Crippen MR) is 116 cm³/mol. The van der Waals surface area contributed by atoms with E-state index in [1.165, 1.54) is 0 Å². The molecule has 1 spiro atoms. The second-order valence-electron chi connectivity index (χ2n) is 9.89. The maximum Gasteiger partial charge on any atom is 0.319 e. The Bertz CT molecular complexity index is 824. The molecule has 1 aromatic rings. The minimum absolute atomic E-state index is 0.119. The molecule has 4 aliphatic heterocycles. The SMILES string of the molecule is C[C@H]1[C@@H](OCCNC(=O)Nc2ccccc2)O[C@@H]2O[C@@]3(C)CC[C@H]4[C@H](C)CC[C@@H]1[C@@]24OO3. The van der Waals surface area contributed by atoms with Gasteiger partial charge in [-0.3, -0.25) is 0 Å². The summed E-state index contributed by atoms with van der Waals surface area (Å²) in [7, 11) is 0. The van der Waals surface area contributed by atoms with E-state index < -0.39 is 24.0 Å². The molecule has 5 aliphatic rings. The highest BCUT2D eigenvalue weighted by atomic mass is 17.3. The van der Waals surface area contributed by atoms with Crippen LogP contribution in [0.4, 0.5) is 10.5 Å². The number of urea groups is 1. The van der Waals surface area contributed by atoms with Crippen molar-refractivity contribution in [2.24, 2.45) is 23.7 Å². The van der Waals surface area contributed by atoms with Crippen LogP contribution >= 0.6 is 0 Å². The largest absolute Gasteiger partial charge is 0.350 e. The fraction of sp³-hybridized carbons (Fsp3) is 0.708. The van der Waals surface area contributed by atoms with E-state index in [1.807, 2.05) is 37.3 Å². The Morgan fingerprint density at radius 2 is 1.94 bits per heavy atom. The van der Waals surface area contributed by atoms with E-state index >= 15 is 0 Å². The maximum absolute atomic E-state index is 12.1. The lowest BCUT2D eigenvalue weighted by Crippen LogP contribution is -2.70. The normalized spacial score (nSPS) is 42.6. The number of hydrogen-bond acceptors (Lipinski definition) is 6. The topological polar surface area (TPSA) is 87.3 Å². The first-order chi connectivity index (χ1) is 15.4. The van der Waals surface area contributed by atoms with Crippen LogP contribution in [0.1, 0.15) is 46.5 Å². The summed E-state index contributed by atoms with van der Waals surface area (Å²) in [5.74, 6) is 0.419. The van der Waals surface area contributed by atoms with Gasteiger partial charge in [0.25, 0.3) is 0 Å². The third-order valence-electron chi connectivity index (χ3n) is 7.80. The van der Waals surface area contributed by atoms with E-state index in [0.717, 1.165) is 31.4 Å². The predicted octanol–water partition coefficient (Wildman–Crippen LogP) is 4.03. The third kappa shape index (κ3) is 3.82. The molecule has 2 amide bonds. The highest BCUT2D eigenvalue weighted by molar-refractivity contribution is 5.89. The zero-order chi connectivity index (χ0) is 22.3. The molecular formula is C24H34N2O6. The number of fused-ring (bicyclic) bond motifs is 2. The summed E-state index contributed by atoms with van der Waals surface area (Å²) in [6.07, 6.45) is 3.04. The van der Waals surface area contributed by atoms with Crippen LogP contribution in [0.5, 0.6) is 0 Å². The lowest BCUT2D eigenvalue weighted by atomic mass is 9.58. The number of para-hydroxylation sites is 1. The first-order valence-electron chi connectivity index (χ1n) is 11.8. The first-order valence-corrected chi connectivity index (χ1v) is 11.8. The van der Waals surface area contributed by atoms with Crippen molar-refractivity contribution < 1.29 is 28.8 Å². The van der Waals surface area contributed by atoms with Gasteiger partial charge in [-0.15, -0.1) is 0 Å². The second-order valence-corrected chi connectivity index (χ2v) is 9.89. The summed E-state index contributed by atoms with van der Waals surface area (Å²) >= 11 is 0. The number of benzene rings is 1. The summed E-state index contributed by atoms with van der Waals surface area (Å²) in [6.45, 7) is 7.10. The lowest BCUT2D eigenvalue weighted by Gasteiger charge is -2.60. The van der Waals surface area contributed by atoms with Gasteiger partial charge in [0.15, 0.2) is 18.2 Å². The van der Waals surface area contributed by atoms with Crippen molar-refractivity contribution in [1.29, 1.82) is 0 Å². The highest BCUT2D eigenvalue weighted by Gasteiger charge is 2.69. The smallest absolute Gasteiger partial charge is 0.319 e. The average Bonchev–Trinajstić information content (AvgIpc) is 3.01. The minimum Gasteiger partial charge on any atom is -0.350 e. The van der Waals surface area contributed by atoms with Gasteiger partial charge in [0.05, 0.1) is 6.61 Å². The number of carbonyl (C=O) groups is 1. The molecule has 4 saturated heterocycles. The van der Waals surface area contributed by atoms with E-state index in [4.69, 9.17) is 24.0 Å². The number of ether oxygens (including phenoxy) is 3. The maximum atomic E-state index is 12.1. The molecule has 1 aliphatic carbocycles. The van der Waals surface area contributed by atoms with Crippen LogP contribution < -0.4 is 10.6 Å². The van der Waals surface area contributed by atoms with E-state index in [0.29, 0.717) is 25.0 Å². The molecule has 6 rings (SSSR count). The molecule has 4 heterocycles. The Balaban J connectivity index is 1.20. The molecule has 2 bridgehead atoms. The molecule has 5 fully saturated rings. The Labute approximate surface area is 189 Å². The monoisotopic (exact) mass is 446 g/mol. The standard InChI is InChI=1S/C24H34N2O6/c1-15-9-10-19-16(2)20(28-14-13-25-22(27)26-17-7-5-4-6-8-17)29-21-24(19)18(15)11-12-23(3,30-21)31-32-24/h4-8,15-16,18-21H,9-14H2,1-3H3,(H2,25,26,27)/t15-,16-,18+,19+,20+,21-,23-,24-/m1/s1. The fourth-order valence-corrected chi connectivity index (χ4v) is 6.10. The van der Waals surface area contributed by atoms with Crippen LogP contribution in [0.25, 0.3) is 0 Å². The van der Waals surface area contributed by atoms with Crippen molar-refractivity contribution in [1.82, 2.24) is 5.32 Å². The summed E-state index contributed by atoms with van der Waals surface area (Å²) in [5, 5.41) is 5.63. The van der Waals surface area contributed by atoms with Gasteiger partial charge in [-0.05, 0) is 50.2 Å². The second kappa shape index (κ2) is 8.57. The van der Waals surface area contributed by atoms with Gasteiger partial charge in [0, 0.05) is 30.5 Å². The summed E-state index contributed by atoms with van der Waals surface area (Å²) < 4.78 is 18.8. The Morgan fingerprint density at radius 1 is 1.12 bits per heavy atom. The number of amides is 2. The third-order valence-corrected chi connectivity index (χ3v) is 7.80. The van der Waals surface area contributed by atoms with Crippen LogP contribution in [0.3, 0.4) is 0 Å². The first kappa shape index (κ1) is 22.1. The van der Waals surface area contributed by atoms with Crippen molar-refractivity contribution in [3.05, 3.63) is 30.3 Å². The Hall–Kier alpha value is -1.71. The van der Waals surface area contributed by atoms with E-state index in [-0.39, 0.29) is 17.9 Å². The van der Waals surface area contributed by atoms with Crippen LogP contribution in [0.2, 0.25) is 0 Å². The van der Waals surface area contributed by atoms with Crippen molar-refractivity contribution in [3.8, 4) is 0 Å². The minimum atomic E-state index is -0.792. The molecule has 1 aromatic carbocycles. The molecular weight excluding hydrogens is 412 g/mol. The molecule has 32 heavy (non-hydrogen) atoms. The Kier molecular flexibility index (Phi) is 5.92. The van der Waals surface area contributed by atoms with E-state index in [1.54, 1.807) is 0 Å². The van der Waals surface area contributed by atoms with E-state index in [9.17, 15) is 4.79 Å². The summed E-state index contributed by atoms with van der Waals surface area (Å²) in [4.78, 5) is 24.1. The summed E-state index contributed by atoms with van der Waals surface area (Å²) in [5.41, 5.74) is 0.165. The van der Waals surface area contributed by atoms with Gasteiger partial charge in [0.2, 0.25) is 5.79 Å². The summed E-state index contributed by atoms with van der Waals surface area (Å²) in [6, 6.07) is 9.08. The number of hydrogen-bond donors (Lipinski definition) is 2. The van der Waals surface area contributed by atoms with Crippen molar-refractivity contribution >= 4 is 11.7 Å². The highest BCUT2D eigenvalue weighted by Crippen LogP contribution is 2.60. The molecule has 0 radical (unpaired) electrons. The van der Waals surface area contributed by atoms with Crippen LogP contribution in [-0.4, -0.2) is 43.2 Å². The fourth-order valence-electron chi connectivity index (χ4n) is 6.10.